The van der Waals surface area contributed by atoms with Gasteiger partial charge in [-0.1, -0.05) is 18.5 Å². The molecule has 0 amide bonds. The molecule has 0 saturated carbocycles. The second-order valence-corrected chi connectivity index (χ2v) is 6.32. The van der Waals surface area contributed by atoms with Gasteiger partial charge in [-0.3, -0.25) is 4.68 Å². The first kappa shape index (κ1) is 17.1. The molecule has 4 rings (SSSR count). The van der Waals surface area contributed by atoms with Gasteiger partial charge in [0.15, 0.2) is 23.8 Å². The van der Waals surface area contributed by atoms with Crippen LogP contribution in [-0.4, -0.2) is 39.7 Å². The lowest BCUT2D eigenvalue weighted by Crippen LogP contribution is -2.07. The Morgan fingerprint density at radius 3 is 2.78 bits per heavy atom. The Hall–Kier alpha value is -3.30. The first-order valence-electron chi connectivity index (χ1n) is 8.80. The van der Waals surface area contributed by atoms with Crippen LogP contribution in [0.3, 0.4) is 0 Å². The summed E-state index contributed by atoms with van der Waals surface area (Å²) in [5, 5.41) is 21.3. The zero-order valence-corrected chi connectivity index (χ0v) is 15.5. The molecule has 0 bridgehead atoms. The Bertz CT molecular complexity index is 1060. The molecule has 0 aliphatic rings. The van der Waals surface area contributed by atoms with Crippen molar-refractivity contribution < 1.29 is 9.26 Å². The highest BCUT2D eigenvalue weighted by Gasteiger charge is 2.17. The number of hydrogen-bond acceptors (Lipinski definition) is 8. The SMILES string of the molecule is CCCCc1cc2nnc(-c3cc(C)on3)n2nc1OCc1ncn(C)n1. The summed E-state index contributed by atoms with van der Waals surface area (Å²) in [4.78, 5) is 4.19. The van der Waals surface area contributed by atoms with E-state index in [9.17, 15) is 0 Å². The molecule has 0 saturated heterocycles. The minimum atomic E-state index is 0.235. The molecule has 10 nitrogen and oxygen atoms in total. The van der Waals surface area contributed by atoms with Crippen LogP contribution in [0, 0.1) is 6.92 Å². The Labute approximate surface area is 155 Å². The third-order valence-electron chi connectivity index (χ3n) is 4.08. The van der Waals surface area contributed by atoms with Crippen LogP contribution in [0.5, 0.6) is 5.88 Å². The number of rotatable bonds is 7. The molecule has 0 spiro atoms. The van der Waals surface area contributed by atoms with E-state index in [-0.39, 0.29) is 6.61 Å². The van der Waals surface area contributed by atoms with Crippen molar-refractivity contribution in [1.82, 2.24) is 39.7 Å². The van der Waals surface area contributed by atoms with Gasteiger partial charge < -0.3 is 9.26 Å². The Morgan fingerprint density at radius 2 is 2.07 bits per heavy atom. The number of fused-ring (bicyclic) bond motifs is 1. The number of aromatic nitrogens is 8. The number of unbranched alkanes of at least 4 members (excludes halogenated alkanes) is 1. The molecule has 0 fully saturated rings. The lowest BCUT2D eigenvalue weighted by atomic mass is 10.1. The fraction of sp³-hybridized carbons (Fsp3) is 0.412. The van der Waals surface area contributed by atoms with Crippen LogP contribution in [0.25, 0.3) is 17.2 Å². The molecule has 0 radical (unpaired) electrons. The highest BCUT2D eigenvalue weighted by atomic mass is 16.5. The molecular formula is C17H20N8O2. The van der Waals surface area contributed by atoms with E-state index in [1.807, 2.05) is 20.0 Å². The Kier molecular flexibility index (Phi) is 4.53. The van der Waals surface area contributed by atoms with Crippen molar-refractivity contribution in [2.75, 3.05) is 0 Å². The molecule has 4 aromatic heterocycles. The van der Waals surface area contributed by atoms with E-state index in [0.717, 1.165) is 24.8 Å². The first-order chi connectivity index (χ1) is 13.1. The summed E-state index contributed by atoms with van der Waals surface area (Å²) in [6.07, 6.45) is 4.58. The standard InChI is InChI=1S/C17H20N8O2/c1-4-5-6-12-8-15-19-20-16(13-7-11(2)27-23-13)25(15)22-17(12)26-9-14-18-10-24(3)21-14/h7-8,10H,4-6,9H2,1-3H3. The number of hydrogen-bond donors (Lipinski definition) is 0. The second-order valence-electron chi connectivity index (χ2n) is 6.32. The van der Waals surface area contributed by atoms with Gasteiger partial charge in [0.1, 0.15) is 12.1 Å². The van der Waals surface area contributed by atoms with Gasteiger partial charge in [-0.2, -0.15) is 9.61 Å². The first-order valence-corrected chi connectivity index (χ1v) is 8.80. The van der Waals surface area contributed by atoms with Crippen LogP contribution in [0.15, 0.2) is 23.0 Å². The number of ether oxygens (including phenoxy) is 1. The fourth-order valence-corrected chi connectivity index (χ4v) is 2.74. The highest BCUT2D eigenvalue weighted by Crippen LogP contribution is 2.23. The van der Waals surface area contributed by atoms with Crippen molar-refractivity contribution >= 4 is 5.65 Å². The van der Waals surface area contributed by atoms with Crippen molar-refractivity contribution in [2.45, 2.75) is 39.7 Å². The summed E-state index contributed by atoms with van der Waals surface area (Å²) in [7, 11) is 1.82. The maximum atomic E-state index is 5.94. The van der Waals surface area contributed by atoms with Gasteiger partial charge >= 0.3 is 0 Å². The third-order valence-corrected chi connectivity index (χ3v) is 4.08. The summed E-state index contributed by atoms with van der Waals surface area (Å²) in [5.74, 6) is 2.31. The number of nitrogens with zero attached hydrogens (tertiary/aromatic N) is 8. The van der Waals surface area contributed by atoms with E-state index < -0.39 is 0 Å². The summed E-state index contributed by atoms with van der Waals surface area (Å²) in [5.41, 5.74) is 2.20. The topological polar surface area (TPSA) is 109 Å². The molecule has 4 aromatic rings. The second kappa shape index (κ2) is 7.14. The van der Waals surface area contributed by atoms with Crippen LogP contribution < -0.4 is 4.74 Å². The van der Waals surface area contributed by atoms with Gasteiger partial charge in [-0.05, 0) is 25.8 Å². The summed E-state index contributed by atoms with van der Waals surface area (Å²) in [6, 6.07) is 3.74. The molecule has 4 heterocycles. The summed E-state index contributed by atoms with van der Waals surface area (Å²) < 4.78 is 14.3. The Morgan fingerprint density at radius 1 is 1.19 bits per heavy atom. The highest BCUT2D eigenvalue weighted by molar-refractivity contribution is 5.55. The van der Waals surface area contributed by atoms with E-state index in [2.05, 4.69) is 37.5 Å². The molecule has 0 atom stereocenters. The molecule has 0 unspecified atom stereocenters. The van der Waals surface area contributed by atoms with Crippen molar-refractivity contribution in [2.24, 2.45) is 7.05 Å². The van der Waals surface area contributed by atoms with E-state index >= 15 is 0 Å². The fourth-order valence-electron chi connectivity index (χ4n) is 2.74. The van der Waals surface area contributed by atoms with Crippen molar-refractivity contribution in [3.05, 3.63) is 35.6 Å². The molecule has 0 aliphatic heterocycles. The quantitative estimate of drug-likeness (QED) is 0.488. The van der Waals surface area contributed by atoms with E-state index in [4.69, 9.17) is 9.26 Å². The number of aryl methyl sites for hydroxylation is 3. The monoisotopic (exact) mass is 368 g/mol. The normalized spacial score (nSPS) is 11.4. The minimum absolute atomic E-state index is 0.235. The Balaban J connectivity index is 1.71. The van der Waals surface area contributed by atoms with E-state index in [1.165, 1.54) is 0 Å². The molecule has 27 heavy (non-hydrogen) atoms. The molecule has 0 aromatic carbocycles. The van der Waals surface area contributed by atoms with E-state index in [1.54, 1.807) is 21.6 Å². The van der Waals surface area contributed by atoms with Crippen molar-refractivity contribution in [3.63, 3.8) is 0 Å². The van der Waals surface area contributed by atoms with Gasteiger partial charge in [0, 0.05) is 18.7 Å². The van der Waals surface area contributed by atoms with Gasteiger partial charge in [-0.25, -0.2) is 4.98 Å². The minimum Gasteiger partial charge on any atom is -0.468 e. The van der Waals surface area contributed by atoms with Crippen LogP contribution in [-0.2, 0) is 20.1 Å². The zero-order valence-electron chi connectivity index (χ0n) is 15.5. The smallest absolute Gasteiger partial charge is 0.235 e. The largest absolute Gasteiger partial charge is 0.468 e. The molecule has 0 aliphatic carbocycles. The van der Waals surface area contributed by atoms with Gasteiger partial charge in [0.25, 0.3) is 0 Å². The van der Waals surface area contributed by atoms with Gasteiger partial charge in [-0.15, -0.1) is 15.3 Å². The van der Waals surface area contributed by atoms with Crippen LogP contribution in [0.2, 0.25) is 0 Å². The molecule has 10 heteroatoms. The lowest BCUT2D eigenvalue weighted by molar-refractivity contribution is 0.276. The average Bonchev–Trinajstić information content (AvgIpc) is 3.37. The zero-order chi connectivity index (χ0) is 18.8. The average molecular weight is 368 g/mol. The predicted octanol–water partition coefficient (Wildman–Crippen LogP) is 2.14. The van der Waals surface area contributed by atoms with E-state index in [0.29, 0.717) is 34.6 Å². The third kappa shape index (κ3) is 3.50. The predicted molar refractivity (Wildman–Crippen MR) is 95.0 cm³/mol. The molecule has 140 valence electrons. The van der Waals surface area contributed by atoms with Crippen LogP contribution in [0.4, 0.5) is 0 Å². The summed E-state index contributed by atoms with van der Waals surface area (Å²) in [6.45, 7) is 4.20. The molecular weight excluding hydrogens is 348 g/mol. The van der Waals surface area contributed by atoms with Gasteiger partial charge in [0.05, 0.1) is 0 Å². The van der Waals surface area contributed by atoms with Crippen LogP contribution in [0.1, 0.15) is 36.9 Å². The van der Waals surface area contributed by atoms with Crippen molar-refractivity contribution in [3.8, 4) is 17.4 Å². The van der Waals surface area contributed by atoms with Crippen molar-refractivity contribution in [1.29, 1.82) is 0 Å². The van der Waals surface area contributed by atoms with Gasteiger partial charge in [0.2, 0.25) is 11.7 Å². The maximum absolute atomic E-state index is 5.94. The maximum Gasteiger partial charge on any atom is 0.235 e. The molecule has 0 N–H and O–H groups in total. The lowest BCUT2D eigenvalue weighted by Gasteiger charge is -2.09. The summed E-state index contributed by atoms with van der Waals surface area (Å²) >= 11 is 0. The van der Waals surface area contributed by atoms with Crippen LogP contribution >= 0.6 is 0 Å².